The van der Waals surface area contributed by atoms with E-state index < -0.39 is 0 Å². The van der Waals surface area contributed by atoms with Gasteiger partial charge >= 0.3 is 0 Å². The van der Waals surface area contributed by atoms with Crippen LogP contribution < -0.4 is 19.9 Å². The molecule has 8 nitrogen and oxygen atoms in total. The highest BCUT2D eigenvalue weighted by Crippen LogP contribution is 2.34. The number of ether oxygens (including phenoxy) is 2. The van der Waals surface area contributed by atoms with Gasteiger partial charge in [0.05, 0.1) is 26.9 Å². The van der Waals surface area contributed by atoms with Crippen LogP contribution in [0.5, 0.6) is 5.75 Å². The number of fused-ring (bicyclic) bond motifs is 1. The van der Waals surface area contributed by atoms with E-state index in [1.807, 2.05) is 54.6 Å². The summed E-state index contributed by atoms with van der Waals surface area (Å²) in [7, 11) is 1.62. The number of morpholine rings is 1. The predicted molar refractivity (Wildman–Crippen MR) is 118 cm³/mol. The van der Waals surface area contributed by atoms with Crippen LogP contribution >= 0.6 is 0 Å². The first-order valence-electron chi connectivity index (χ1n) is 10.2. The lowest BCUT2D eigenvalue weighted by atomic mass is 10.2. The van der Waals surface area contributed by atoms with Crippen LogP contribution in [-0.2, 0) is 11.3 Å². The van der Waals surface area contributed by atoms with Gasteiger partial charge in [-0.25, -0.2) is 4.98 Å². The zero-order valence-corrected chi connectivity index (χ0v) is 17.2. The Morgan fingerprint density at radius 2 is 1.74 bits per heavy atom. The van der Waals surface area contributed by atoms with Gasteiger partial charge < -0.3 is 24.6 Å². The van der Waals surface area contributed by atoms with E-state index in [1.54, 1.807) is 12.0 Å². The van der Waals surface area contributed by atoms with Gasteiger partial charge in [0, 0.05) is 30.0 Å². The van der Waals surface area contributed by atoms with Crippen molar-refractivity contribution < 1.29 is 14.3 Å². The maximum absolute atomic E-state index is 13.3. The number of nitrogens with one attached hydrogen (secondary N) is 1. The summed E-state index contributed by atoms with van der Waals surface area (Å²) in [6, 6.07) is 17.3. The fourth-order valence-electron chi connectivity index (χ4n) is 3.79. The standard InChI is InChI=1S/C23H23N5O3/c1-30-18-9-7-17(8-10-18)28-15-19-20(22(28)29)25-23(27-11-13-31-14-12-27)26-21(19)24-16-5-3-2-4-6-16/h2-10H,11-15H2,1H3,(H,24,25,26). The fourth-order valence-corrected chi connectivity index (χ4v) is 3.79. The SMILES string of the molecule is COc1ccc(N2Cc3c(Nc4ccccc4)nc(N4CCOCC4)nc3C2=O)cc1. The average molecular weight is 417 g/mol. The number of carbonyl (C=O) groups is 1. The Morgan fingerprint density at radius 3 is 2.45 bits per heavy atom. The molecule has 1 N–H and O–H groups in total. The Hall–Kier alpha value is -3.65. The average Bonchev–Trinajstić information content (AvgIpc) is 3.17. The third-order valence-corrected chi connectivity index (χ3v) is 5.47. The monoisotopic (exact) mass is 417 g/mol. The molecule has 0 spiro atoms. The number of nitrogens with zero attached hydrogens (tertiary/aromatic N) is 4. The van der Waals surface area contributed by atoms with Crippen LogP contribution in [0, 0.1) is 0 Å². The lowest BCUT2D eigenvalue weighted by Gasteiger charge is -2.27. The van der Waals surface area contributed by atoms with E-state index in [2.05, 4.69) is 15.2 Å². The van der Waals surface area contributed by atoms with Crippen molar-refractivity contribution in [3.63, 3.8) is 0 Å². The van der Waals surface area contributed by atoms with Gasteiger partial charge in [-0.1, -0.05) is 18.2 Å². The van der Waals surface area contributed by atoms with Gasteiger partial charge in [-0.3, -0.25) is 4.79 Å². The number of hydrogen-bond acceptors (Lipinski definition) is 7. The molecule has 0 bridgehead atoms. The van der Waals surface area contributed by atoms with E-state index in [0.717, 1.165) is 22.7 Å². The van der Waals surface area contributed by atoms with Gasteiger partial charge in [0.25, 0.3) is 5.91 Å². The number of hydrogen-bond donors (Lipinski definition) is 1. The Balaban J connectivity index is 1.53. The van der Waals surface area contributed by atoms with Gasteiger partial charge in [0.15, 0.2) is 0 Å². The van der Waals surface area contributed by atoms with E-state index >= 15 is 0 Å². The van der Waals surface area contributed by atoms with Crippen molar-refractivity contribution in [3.8, 4) is 5.75 Å². The Kier molecular flexibility index (Phi) is 5.13. The van der Waals surface area contributed by atoms with Crippen LogP contribution in [0.3, 0.4) is 0 Å². The molecule has 1 saturated heterocycles. The summed E-state index contributed by atoms with van der Waals surface area (Å²) < 4.78 is 10.7. The molecule has 3 heterocycles. The van der Waals surface area contributed by atoms with Gasteiger partial charge in [-0.05, 0) is 36.4 Å². The molecule has 0 radical (unpaired) electrons. The van der Waals surface area contributed by atoms with Crippen LogP contribution in [0.2, 0.25) is 0 Å². The van der Waals surface area contributed by atoms with E-state index in [1.165, 1.54) is 0 Å². The summed E-state index contributed by atoms with van der Waals surface area (Å²) in [5, 5.41) is 3.39. The van der Waals surface area contributed by atoms with Crippen molar-refractivity contribution in [2.75, 3.05) is 48.5 Å². The maximum Gasteiger partial charge on any atom is 0.277 e. The number of carbonyl (C=O) groups excluding carboxylic acids is 1. The molecule has 1 amide bonds. The second-order valence-electron chi connectivity index (χ2n) is 7.38. The summed E-state index contributed by atoms with van der Waals surface area (Å²) >= 11 is 0. The van der Waals surface area contributed by atoms with Gasteiger partial charge in [0.1, 0.15) is 17.3 Å². The summed E-state index contributed by atoms with van der Waals surface area (Å²) in [6.07, 6.45) is 0. The first-order chi connectivity index (χ1) is 15.2. The maximum atomic E-state index is 13.3. The summed E-state index contributed by atoms with van der Waals surface area (Å²) in [5.41, 5.74) is 2.93. The number of aromatic nitrogens is 2. The number of anilines is 4. The first-order valence-corrected chi connectivity index (χ1v) is 10.2. The molecule has 2 aliphatic rings. The highest BCUT2D eigenvalue weighted by atomic mass is 16.5. The molecule has 158 valence electrons. The van der Waals surface area contributed by atoms with Crippen LogP contribution in [0.4, 0.5) is 23.1 Å². The Labute approximate surface area is 180 Å². The van der Waals surface area contributed by atoms with E-state index in [4.69, 9.17) is 14.5 Å². The smallest absolute Gasteiger partial charge is 0.277 e. The normalized spacial score (nSPS) is 15.7. The minimum atomic E-state index is -0.131. The Bertz CT molecular complexity index is 1080. The number of para-hydroxylation sites is 1. The Morgan fingerprint density at radius 1 is 1.00 bits per heavy atom. The molecule has 2 aliphatic heterocycles. The van der Waals surface area contributed by atoms with E-state index in [9.17, 15) is 4.79 Å². The molecular formula is C23H23N5O3. The van der Waals surface area contributed by atoms with E-state index in [0.29, 0.717) is 50.3 Å². The zero-order chi connectivity index (χ0) is 21.2. The molecule has 0 aliphatic carbocycles. The number of benzene rings is 2. The number of methoxy groups -OCH3 is 1. The van der Waals surface area contributed by atoms with Crippen LogP contribution in [0.25, 0.3) is 0 Å². The second kappa shape index (κ2) is 8.23. The summed E-state index contributed by atoms with van der Waals surface area (Å²) in [6.45, 7) is 3.03. The summed E-state index contributed by atoms with van der Waals surface area (Å²) in [5.74, 6) is 1.81. The number of amides is 1. The van der Waals surface area contributed by atoms with Crippen molar-refractivity contribution in [2.45, 2.75) is 6.54 Å². The molecule has 1 aromatic heterocycles. The van der Waals surface area contributed by atoms with Crippen molar-refractivity contribution in [3.05, 3.63) is 65.9 Å². The van der Waals surface area contributed by atoms with Crippen LogP contribution in [0.1, 0.15) is 16.1 Å². The highest BCUT2D eigenvalue weighted by Gasteiger charge is 2.34. The molecule has 5 rings (SSSR count). The van der Waals surface area contributed by atoms with Crippen molar-refractivity contribution in [1.82, 2.24) is 9.97 Å². The van der Waals surface area contributed by atoms with Gasteiger partial charge in [-0.2, -0.15) is 4.98 Å². The molecule has 31 heavy (non-hydrogen) atoms. The molecule has 2 aromatic carbocycles. The molecule has 0 unspecified atom stereocenters. The highest BCUT2D eigenvalue weighted by molar-refractivity contribution is 6.09. The molecule has 1 fully saturated rings. The predicted octanol–water partition coefficient (Wildman–Crippen LogP) is 3.23. The number of rotatable bonds is 5. The lowest BCUT2D eigenvalue weighted by molar-refractivity contribution is 0.0992. The fraction of sp³-hybridized carbons (Fsp3) is 0.261. The third-order valence-electron chi connectivity index (χ3n) is 5.47. The second-order valence-corrected chi connectivity index (χ2v) is 7.38. The van der Waals surface area contributed by atoms with Crippen LogP contribution in [0.15, 0.2) is 54.6 Å². The molecule has 8 heteroatoms. The lowest BCUT2D eigenvalue weighted by Crippen LogP contribution is -2.37. The van der Waals surface area contributed by atoms with Crippen molar-refractivity contribution in [1.29, 1.82) is 0 Å². The first kappa shape index (κ1) is 19.3. The van der Waals surface area contributed by atoms with Gasteiger partial charge in [0.2, 0.25) is 5.95 Å². The third kappa shape index (κ3) is 3.77. The molecule has 0 saturated carbocycles. The minimum Gasteiger partial charge on any atom is -0.497 e. The minimum absolute atomic E-state index is 0.131. The van der Waals surface area contributed by atoms with Crippen molar-refractivity contribution >= 4 is 29.0 Å². The molecular weight excluding hydrogens is 394 g/mol. The van der Waals surface area contributed by atoms with E-state index in [-0.39, 0.29) is 5.91 Å². The summed E-state index contributed by atoms with van der Waals surface area (Å²) in [4.78, 5) is 26.6. The topological polar surface area (TPSA) is 79.8 Å². The van der Waals surface area contributed by atoms with Gasteiger partial charge in [-0.15, -0.1) is 0 Å². The molecule has 3 aromatic rings. The van der Waals surface area contributed by atoms with Crippen LogP contribution in [-0.4, -0.2) is 49.3 Å². The zero-order valence-electron chi connectivity index (χ0n) is 17.2. The molecule has 0 atom stereocenters. The van der Waals surface area contributed by atoms with Crippen molar-refractivity contribution in [2.24, 2.45) is 0 Å². The largest absolute Gasteiger partial charge is 0.497 e. The quantitative estimate of drug-likeness (QED) is 0.683.